The monoisotopic (exact) mass is 452 g/mol. The maximum atomic E-state index is 14.4. The van der Waals surface area contributed by atoms with E-state index in [0.29, 0.717) is 31.8 Å². The second-order valence-corrected chi connectivity index (χ2v) is 8.79. The van der Waals surface area contributed by atoms with Crippen LogP contribution in [0.4, 0.5) is 17.6 Å². The lowest BCUT2D eigenvalue weighted by Gasteiger charge is -2.40. The average molecular weight is 452 g/mol. The first kappa shape index (κ1) is 23.0. The van der Waals surface area contributed by atoms with Crippen LogP contribution in [-0.2, 0) is 23.9 Å². The first-order valence-corrected chi connectivity index (χ1v) is 10.9. The molecule has 1 fully saturated rings. The van der Waals surface area contributed by atoms with Gasteiger partial charge in [-0.25, -0.2) is 4.39 Å². The Hall–Kier alpha value is -2.16. The lowest BCUT2D eigenvalue weighted by Crippen LogP contribution is -2.42. The molecule has 3 N–H and O–H groups in total. The summed E-state index contributed by atoms with van der Waals surface area (Å²) >= 11 is 0. The van der Waals surface area contributed by atoms with E-state index in [1.165, 1.54) is 12.1 Å². The van der Waals surface area contributed by atoms with Gasteiger partial charge in [0.15, 0.2) is 0 Å². The number of aryl methyl sites for hydroxylation is 1. The number of fused-ring (bicyclic) bond motifs is 1. The first-order valence-electron chi connectivity index (χ1n) is 10.9. The molecule has 0 aliphatic carbocycles. The van der Waals surface area contributed by atoms with Crippen molar-refractivity contribution in [1.82, 2.24) is 4.90 Å². The van der Waals surface area contributed by atoms with E-state index < -0.39 is 17.6 Å². The van der Waals surface area contributed by atoms with E-state index in [4.69, 9.17) is 10.5 Å². The van der Waals surface area contributed by atoms with E-state index in [1.807, 2.05) is 24.0 Å². The number of hydrogen-bond acceptors (Lipinski definition) is 4. The standard InChI is InChI=1S/C24H28F4N2O2/c1-14-5-6-17-18(23(14)31)11-20(32-21(17)12-29)15-7-9-30(10-8-15)13-16-3-2-4-19(22(16)25)24(26,27)28/h2-6,15,20-21,31H,7-13,29H2,1H3/t20-,21-/m0/s1. The van der Waals surface area contributed by atoms with Gasteiger partial charge in [-0.1, -0.05) is 24.3 Å². The zero-order chi connectivity index (χ0) is 23.0. The minimum absolute atomic E-state index is 0.0599. The number of ether oxygens (including phenoxy) is 1. The van der Waals surface area contributed by atoms with Gasteiger partial charge in [-0.2, -0.15) is 13.2 Å². The van der Waals surface area contributed by atoms with Crippen molar-refractivity contribution in [1.29, 1.82) is 0 Å². The van der Waals surface area contributed by atoms with Crippen LogP contribution in [0.2, 0.25) is 0 Å². The van der Waals surface area contributed by atoms with Gasteiger partial charge in [0.1, 0.15) is 11.6 Å². The normalized spacial score (nSPS) is 22.7. The fourth-order valence-electron chi connectivity index (χ4n) is 4.92. The molecule has 8 heteroatoms. The van der Waals surface area contributed by atoms with Gasteiger partial charge >= 0.3 is 6.18 Å². The third-order valence-corrected chi connectivity index (χ3v) is 6.76. The molecule has 2 aromatic carbocycles. The SMILES string of the molecule is Cc1ccc2c(c1O)C[C@@H](C1CCN(Cc3cccc(C(F)(F)F)c3F)CC1)O[C@H]2CN. The average Bonchev–Trinajstić information content (AvgIpc) is 2.77. The van der Waals surface area contributed by atoms with E-state index in [9.17, 15) is 22.7 Å². The summed E-state index contributed by atoms with van der Waals surface area (Å²) in [6, 6.07) is 7.27. The number of piperidine rings is 1. The van der Waals surface area contributed by atoms with Crippen LogP contribution >= 0.6 is 0 Å². The largest absolute Gasteiger partial charge is 0.507 e. The van der Waals surface area contributed by atoms with Crippen molar-refractivity contribution in [2.75, 3.05) is 19.6 Å². The van der Waals surface area contributed by atoms with E-state index in [0.717, 1.165) is 35.6 Å². The van der Waals surface area contributed by atoms with Crippen molar-refractivity contribution in [3.63, 3.8) is 0 Å². The van der Waals surface area contributed by atoms with Crippen LogP contribution in [0.1, 0.15) is 46.8 Å². The molecule has 4 rings (SSSR count). The number of alkyl halides is 3. The molecule has 2 aromatic rings. The summed E-state index contributed by atoms with van der Waals surface area (Å²) in [6.07, 6.45) is -2.89. The molecule has 2 aliphatic heterocycles. The summed E-state index contributed by atoms with van der Waals surface area (Å²) in [4.78, 5) is 1.98. The topological polar surface area (TPSA) is 58.7 Å². The second-order valence-electron chi connectivity index (χ2n) is 8.79. The van der Waals surface area contributed by atoms with Crippen LogP contribution in [0.25, 0.3) is 0 Å². The molecule has 1 saturated heterocycles. The van der Waals surface area contributed by atoms with E-state index in [1.54, 1.807) is 0 Å². The van der Waals surface area contributed by atoms with Crippen molar-refractivity contribution in [2.45, 2.75) is 51.1 Å². The lowest BCUT2D eigenvalue weighted by atomic mass is 9.83. The van der Waals surface area contributed by atoms with E-state index >= 15 is 0 Å². The van der Waals surface area contributed by atoms with Gasteiger partial charge < -0.3 is 15.6 Å². The van der Waals surface area contributed by atoms with Gasteiger partial charge in [-0.05, 0) is 56.0 Å². The molecule has 2 heterocycles. The summed E-state index contributed by atoms with van der Waals surface area (Å²) in [6.45, 7) is 3.60. The number of rotatable bonds is 4. The highest BCUT2D eigenvalue weighted by Crippen LogP contribution is 2.40. The molecule has 0 saturated carbocycles. The third-order valence-electron chi connectivity index (χ3n) is 6.76. The Morgan fingerprint density at radius 1 is 1.16 bits per heavy atom. The lowest BCUT2D eigenvalue weighted by molar-refractivity contribution is -0.140. The van der Waals surface area contributed by atoms with Gasteiger partial charge in [-0.15, -0.1) is 0 Å². The molecule has 0 aromatic heterocycles. The van der Waals surface area contributed by atoms with Crippen LogP contribution in [0.5, 0.6) is 5.75 Å². The minimum atomic E-state index is -4.70. The van der Waals surface area contributed by atoms with Crippen LogP contribution < -0.4 is 5.73 Å². The van der Waals surface area contributed by atoms with Crippen molar-refractivity contribution in [2.24, 2.45) is 11.7 Å². The number of nitrogens with zero attached hydrogens (tertiary/aromatic N) is 1. The van der Waals surface area contributed by atoms with E-state index in [2.05, 4.69) is 0 Å². The predicted octanol–water partition coefficient (Wildman–Crippen LogP) is 4.71. The number of hydrogen-bond donors (Lipinski definition) is 2. The summed E-state index contributed by atoms with van der Waals surface area (Å²) in [5, 5.41) is 10.6. The summed E-state index contributed by atoms with van der Waals surface area (Å²) < 4.78 is 59.6. The molecule has 174 valence electrons. The Labute approximate surface area is 185 Å². The first-order chi connectivity index (χ1) is 15.2. The summed E-state index contributed by atoms with van der Waals surface area (Å²) in [5.41, 5.74) is 7.42. The van der Waals surface area contributed by atoms with Gasteiger partial charge in [0.05, 0.1) is 17.8 Å². The van der Waals surface area contributed by atoms with Crippen molar-refractivity contribution in [3.8, 4) is 5.75 Å². The zero-order valence-corrected chi connectivity index (χ0v) is 18.0. The van der Waals surface area contributed by atoms with Crippen LogP contribution in [0, 0.1) is 18.7 Å². The molecule has 0 spiro atoms. The Morgan fingerprint density at radius 3 is 2.53 bits per heavy atom. The number of halogens is 4. The maximum Gasteiger partial charge on any atom is 0.419 e. The Balaban J connectivity index is 1.42. The fourth-order valence-corrected chi connectivity index (χ4v) is 4.92. The second kappa shape index (κ2) is 9.00. The predicted molar refractivity (Wildman–Crippen MR) is 113 cm³/mol. The van der Waals surface area contributed by atoms with Gasteiger partial charge in [0.25, 0.3) is 0 Å². The Morgan fingerprint density at radius 2 is 1.88 bits per heavy atom. The molecule has 0 unspecified atom stereocenters. The van der Waals surface area contributed by atoms with Crippen molar-refractivity contribution in [3.05, 3.63) is 64.0 Å². The van der Waals surface area contributed by atoms with Crippen LogP contribution in [-0.4, -0.2) is 35.7 Å². The van der Waals surface area contributed by atoms with Crippen LogP contribution in [0.3, 0.4) is 0 Å². The molecule has 0 radical (unpaired) electrons. The van der Waals surface area contributed by atoms with Gasteiger partial charge in [0.2, 0.25) is 0 Å². The molecule has 32 heavy (non-hydrogen) atoms. The maximum absolute atomic E-state index is 14.4. The number of nitrogens with two attached hydrogens (primary N) is 1. The van der Waals surface area contributed by atoms with Crippen molar-refractivity contribution >= 4 is 0 Å². The smallest absolute Gasteiger partial charge is 0.419 e. The molecular weight excluding hydrogens is 424 g/mol. The molecular formula is C24H28F4N2O2. The molecule has 0 bridgehead atoms. The third kappa shape index (κ3) is 4.49. The number of phenolic OH excluding ortho intramolecular Hbond substituents is 1. The molecule has 2 atom stereocenters. The summed E-state index contributed by atoms with van der Waals surface area (Å²) in [7, 11) is 0. The van der Waals surface area contributed by atoms with Crippen LogP contribution in [0.15, 0.2) is 30.3 Å². The Bertz CT molecular complexity index is 971. The molecule has 0 amide bonds. The highest BCUT2D eigenvalue weighted by atomic mass is 19.4. The number of likely N-dealkylation sites (tertiary alicyclic amines) is 1. The van der Waals surface area contributed by atoms with Gasteiger partial charge in [-0.3, -0.25) is 4.90 Å². The highest BCUT2D eigenvalue weighted by molar-refractivity contribution is 5.47. The number of benzene rings is 2. The molecule has 4 nitrogen and oxygen atoms in total. The minimum Gasteiger partial charge on any atom is -0.507 e. The van der Waals surface area contributed by atoms with E-state index in [-0.39, 0.29) is 30.2 Å². The van der Waals surface area contributed by atoms with Crippen molar-refractivity contribution < 1.29 is 27.4 Å². The molecule has 2 aliphatic rings. The Kier molecular flexibility index (Phi) is 6.47. The zero-order valence-electron chi connectivity index (χ0n) is 18.0. The summed E-state index contributed by atoms with van der Waals surface area (Å²) in [5.74, 6) is -0.655. The van der Waals surface area contributed by atoms with Gasteiger partial charge in [0, 0.05) is 30.6 Å². The number of aromatic hydroxyl groups is 1. The quantitative estimate of drug-likeness (QED) is 0.660. The highest BCUT2D eigenvalue weighted by Gasteiger charge is 2.37. The fraction of sp³-hybridized carbons (Fsp3) is 0.500. The number of phenols is 1.